The van der Waals surface area contributed by atoms with Crippen molar-refractivity contribution in [3.05, 3.63) is 95.1 Å². The Morgan fingerprint density at radius 2 is 1.70 bits per heavy atom. The number of hydrogen-bond acceptors (Lipinski definition) is 5. The van der Waals surface area contributed by atoms with Gasteiger partial charge in [-0.3, -0.25) is 10.2 Å². The molecule has 2 unspecified atom stereocenters. The van der Waals surface area contributed by atoms with Crippen LogP contribution in [-0.2, 0) is 17.8 Å². The highest BCUT2D eigenvalue weighted by molar-refractivity contribution is 5.49. The smallest absolute Gasteiger partial charge is 0.160 e. The van der Waals surface area contributed by atoms with Gasteiger partial charge in [0.15, 0.2) is 11.5 Å². The first-order valence-electron chi connectivity index (χ1n) is 10.2. The molecule has 0 radical (unpaired) electrons. The molecule has 2 N–H and O–H groups in total. The summed E-state index contributed by atoms with van der Waals surface area (Å²) in [5, 5.41) is 14.0. The molecule has 5 nitrogen and oxygen atoms in total. The van der Waals surface area contributed by atoms with Crippen molar-refractivity contribution < 1.29 is 14.6 Å². The zero-order valence-corrected chi connectivity index (χ0v) is 17.4. The highest BCUT2D eigenvalue weighted by atomic mass is 16.6. The van der Waals surface area contributed by atoms with Crippen LogP contribution in [0.4, 0.5) is 0 Å². The van der Waals surface area contributed by atoms with Crippen molar-refractivity contribution in [1.82, 2.24) is 10.2 Å². The topological polar surface area (TPSA) is 57.3 Å². The summed E-state index contributed by atoms with van der Waals surface area (Å²) in [6.45, 7) is 2.17. The van der Waals surface area contributed by atoms with E-state index in [0.29, 0.717) is 12.4 Å². The summed E-state index contributed by atoms with van der Waals surface area (Å²) in [6.07, 6.45) is -0.0675. The maximum atomic E-state index is 10.3. The van der Waals surface area contributed by atoms with Gasteiger partial charge in [0.2, 0.25) is 0 Å². The molecular formula is C25H28N2O3. The Morgan fingerprint density at radius 3 is 2.30 bits per heavy atom. The molecule has 1 heterocycles. The van der Waals surface area contributed by atoms with Gasteiger partial charge in [-0.2, -0.15) is 0 Å². The molecule has 0 bridgehead atoms. The van der Waals surface area contributed by atoms with Gasteiger partial charge in [-0.15, -0.1) is 0 Å². The van der Waals surface area contributed by atoms with Gasteiger partial charge < -0.3 is 14.6 Å². The highest BCUT2D eigenvalue weighted by Crippen LogP contribution is 2.41. The van der Waals surface area contributed by atoms with Crippen molar-refractivity contribution in [1.29, 1.82) is 0 Å². The largest absolute Gasteiger partial charge is 0.504 e. The van der Waals surface area contributed by atoms with E-state index in [0.717, 1.165) is 24.2 Å². The Hall–Kier alpha value is -2.86. The standard InChI is InChI=1S/C25H28N2O3/c1-27(16-19-11-7-4-8-12-19)25(26-15-18-9-5-3-6-10-18)21-14-23(29-2)22(28)13-20(21)24-17-30-24/h3-14,24-26,28H,15-17H2,1-2H3. The third kappa shape index (κ3) is 4.82. The number of phenolic OH excluding ortho intramolecular Hbond substituents is 1. The lowest BCUT2D eigenvalue weighted by Crippen LogP contribution is -2.36. The highest BCUT2D eigenvalue weighted by Gasteiger charge is 2.32. The van der Waals surface area contributed by atoms with E-state index in [1.807, 2.05) is 30.3 Å². The molecule has 0 amide bonds. The zero-order valence-electron chi connectivity index (χ0n) is 17.4. The molecule has 2 atom stereocenters. The fourth-order valence-electron chi connectivity index (χ4n) is 3.78. The molecule has 1 aliphatic heterocycles. The molecule has 30 heavy (non-hydrogen) atoms. The minimum atomic E-state index is -0.0842. The molecule has 3 aromatic carbocycles. The molecule has 156 valence electrons. The van der Waals surface area contributed by atoms with E-state index in [-0.39, 0.29) is 18.0 Å². The Balaban J connectivity index is 1.67. The van der Waals surface area contributed by atoms with Crippen molar-refractivity contribution in [3.8, 4) is 11.5 Å². The number of nitrogens with one attached hydrogen (secondary N) is 1. The molecular weight excluding hydrogens is 376 g/mol. The van der Waals surface area contributed by atoms with E-state index >= 15 is 0 Å². The van der Waals surface area contributed by atoms with Crippen molar-refractivity contribution in [3.63, 3.8) is 0 Å². The molecule has 0 aromatic heterocycles. The van der Waals surface area contributed by atoms with E-state index in [1.54, 1.807) is 13.2 Å². The normalized spacial score (nSPS) is 16.4. The summed E-state index contributed by atoms with van der Waals surface area (Å²) >= 11 is 0. The first-order valence-corrected chi connectivity index (χ1v) is 10.2. The summed E-state index contributed by atoms with van der Waals surface area (Å²) < 4.78 is 11.0. The van der Waals surface area contributed by atoms with E-state index < -0.39 is 0 Å². The number of epoxide rings is 1. The van der Waals surface area contributed by atoms with Crippen LogP contribution < -0.4 is 10.1 Å². The lowest BCUT2D eigenvalue weighted by atomic mass is 9.99. The van der Waals surface area contributed by atoms with Crippen LogP contribution in [0.1, 0.15) is 34.5 Å². The van der Waals surface area contributed by atoms with Crippen molar-refractivity contribution >= 4 is 0 Å². The predicted molar refractivity (Wildman–Crippen MR) is 117 cm³/mol. The average Bonchev–Trinajstić information content (AvgIpc) is 3.61. The molecule has 1 aliphatic rings. The molecule has 1 saturated heterocycles. The van der Waals surface area contributed by atoms with Gasteiger partial charge in [-0.1, -0.05) is 60.7 Å². The van der Waals surface area contributed by atoms with Crippen LogP contribution in [0.25, 0.3) is 0 Å². The summed E-state index contributed by atoms with van der Waals surface area (Å²) in [5.74, 6) is 0.605. The summed E-state index contributed by atoms with van der Waals surface area (Å²) in [7, 11) is 3.68. The van der Waals surface area contributed by atoms with Gasteiger partial charge in [0, 0.05) is 13.1 Å². The average molecular weight is 405 g/mol. The Labute approximate surface area is 177 Å². The Bertz CT molecular complexity index is 959. The number of benzene rings is 3. The first kappa shape index (κ1) is 20.4. The second kappa shape index (κ2) is 9.30. The third-order valence-corrected chi connectivity index (χ3v) is 5.42. The number of phenols is 1. The number of aromatic hydroxyl groups is 1. The molecule has 4 rings (SSSR count). The lowest BCUT2D eigenvalue weighted by Gasteiger charge is -2.31. The van der Waals surface area contributed by atoms with Gasteiger partial charge in [0.25, 0.3) is 0 Å². The summed E-state index contributed by atoms with van der Waals surface area (Å²) in [6, 6.07) is 24.5. The van der Waals surface area contributed by atoms with Gasteiger partial charge in [-0.05, 0) is 41.4 Å². The summed E-state index contributed by atoms with van der Waals surface area (Å²) in [5.41, 5.74) is 4.51. The third-order valence-electron chi connectivity index (χ3n) is 5.42. The van der Waals surface area contributed by atoms with Crippen molar-refractivity contribution in [2.24, 2.45) is 0 Å². The van der Waals surface area contributed by atoms with E-state index in [1.165, 1.54) is 11.1 Å². The Morgan fingerprint density at radius 1 is 1.07 bits per heavy atom. The fraction of sp³-hybridized carbons (Fsp3) is 0.280. The van der Waals surface area contributed by atoms with Crippen molar-refractivity contribution in [2.45, 2.75) is 25.4 Å². The van der Waals surface area contributed by atoms with Crippen LogP contribution in [0.5, 0.6) is 11.5 Å². The van der Waals surface area contributed by atoms with Gasteiger partial charge in [0.1, 0.15) is 6.10 Å². The van der Waals surface area contributed by atoms with Crippen LogP contribution in [0.3, 0.4) is 0 Å². The number of ether oxygens (including phenoxy) is 2. The van der Waals surface area contributed by atoms with Gasteiger partial charge in [-0.25, -0.2) is 0 Å². The van der Waals surface area contributed by atoms with Gasteiger partial charge >= 0.3 is 0 Å². The minimum Gasteiger partial charge on any atom is -0.504 e. The number of nitrogens with zero attached hydrogens (tertiary/aromatic N) is 1. The maximum Gasteiger partial charge on any atom is 0.160 e. The number of rotatable bonds is 9. The van der Waals surface area contributed by atoms with Crippen LogP contribution >= 0.6 is 0 Å². The molecule has 0 aliphatic carbocycles. The fourth-order valence-corrected chi connectivity index (χ4v) is 3.78. The first-order chi connectivity index (χ1) is 14.7. The van der Waals surface area contributed by atoms with Crippen LogP contribution in [0.2, 0.25) is 0 Å². The van der Waals surface area contributed by atoms with Crippen molar-refractivity contribution in [2.75, 3.05) is 20.8 Å². The van der Waals surface area contributed by atoms with Crippen LogP contribution in [-0.4, -0.2) is 30.8 Å². The van der Waals surface area contributed by atoms with E-state index in [9.17, 15) is 5.11 Å². The molecule has 1 fully saturated rings. The van der Waals surface area contributed by atoms with Gasteiger partial charge in [0.05, 0.1) is 19.9 Å². The molecule has 0 spiro atoms. The lowest BCUT2D eigenvalue weighted by molar-refractivity contribution is 0.193. The predicted octanol–water partition coefficient (Wildman–Crippen LogP) is 4.39. The summed E-state index contributed by atoms with van der Waals surface area (Å²) in [4.78, 5) is 2.27. The van der Waals surface area contributed by atoms with Crippen LogP contribution in [0.15, 0.2) is 72.8 Å². The monoisotopic (exact) mass is 404 g/mol. The molecule has 0 saturated carbocycles. The molecule has 3 aromatic rings. The van der Waals surface area contributed by atoms with E-state index in [2.05, 4.69) is 53.7 Å². The second-order valence-corrected chi connectivity index (χ2v) is 7.64. The second-order valence-electron chi connectivity index (χ2n) is 7.64. The minimum absolute atomic E-state index is 0.0166. The SMILES string of the molecule is COc1cc(C(NCc2ccccc2)N(C)Cc2ccccc2)c(C2CO2)cc1O. The quantitative estimate of drug-likeness (QED) is 0.409. The van der Waals surface area contributed by atoms with E-state index in [4.69, 9.17) is 9.47 Å². The Kier molecular flexibility index (Phi) is 6.33. The zero-order chi connectivity index (χ0) is 20.9. The number of methoxy groups -OCH3 is 1. The van der Waals surface area contributed by atoms with Crippen LogP contribution in [0, 0.1) is 0 Å². The number of hydrogen-bond donors (Lipinski definition) is 2. The molecule has 5 heteroatoms. The maximum absolute atomic E-state index is 10.3.